The Labute approximate surface area is 112 Å². The fraction of sp³-hybridized carbons (Fsp3) is 0. The van der Waals surface area contributed by atoms with Crippen LogP contribution in [0.2, 0.25) is 0 Å². The van der Waals surface area contributed by atoms with E-state index >= 15 is 0 Å². The van der Waals surface area contributed by atoms with Gasteiger partial charge in [-0.05, 0) is 27.4 Å². The number of pyridine rings is 1. The van der Waals surface area contributed by atoms with Crippen molar-refractivity contribution < 1.29 is 0 Å². The second-order valence-electron chi connectivity index (χ2n) is 4.32. The van der Waals surface area contributed by atoms with Crippen LogP contribution in [0.4, 0.5) is 0 Å². The molecular formula is C15H9BrN2. The Bertz CT molecular complexity index is 893. The molecule has 2 nitrogen and oxygen atoms in total. The minimum atomic E-state index is 1.03. The molecule has 0 amide bonds. The predicted molar refractivity (Wildman–Crippen MR) is 77.9 cm³/mol. The van der Waals surface area contributed by atoms with Gasteiger partial charge in [-0.2, -0.15) is 5.10 Å². The second kappa shape index (κ2) is 3.56. The van der Waals surface area contributed by atoms with Crippen LogP contribution in [-0.2, 0) is 0 Å². The third kappa shape index (κ3) is 1.20. The number of aromatic nitrogens is 2. The van der Waals surface area contributed by atoms with Gasteiger partial charge in [0.05, 0.1) is 21.7 Å². The molecular weight excluding hydrogens is 288 g/mol. The number of halogens is 1. The zero-order valence-corrected chi connectivity index (χ0v) is 11.1. The first-order valence-electron chi connectivity index (χ1n) is 5.79. The lowest BCUT2D eigenvalue weighted by atomic mass is 10.1. The van der Waals surface area contributed by atoms with Gasteiger partial charge >= 0.3 is 0 Å². The number of nitrogens with zero attached hydrogens (tertiary/aromatic N) is 2. The fourth-order valence-corrected chi connectivity index (χ4v) is 3.04. The van der Waals surface area contributed by atoms with Crippen LogP contribution in [0.5, 0.6) is 0 Å². The third-order valence-electron chi connectivity index (χ3n) is 3.33. The molecule has 2 heterocycles. The molecule has 86 valence electrons. The van der Waals surface area contributed by atoms with E-state index in [4.69, 9.17) is 0 Å². The molecule has 0 aliphatic rings. The van der Waals surface area contributed by atoms with E-state index in [-0.39, 0.29) is 0 Å². The highest BCUT2D eigenvalue weighted by Crippen LogP contribution is 2.32. The van der Waals surface area contributed by atoms with Gasteiger partial charge in [-0.3, -0.25) is 0 Å². The molecule has 0 aliphatic carbocycles. The molecule has 0 saturated carbocycles. The molecule has 4 aromatic rings. The number of rotatable bonds is 0. The van der Waals surface area contributed by atoms with E-state index in [9.17, 15) is 0 Å². The van der Waals surface area contributed by atoms with E-state index < -0.39 is 0 Å². The molecule has 2 aromatic carbocycles. The zero-order chi connectivity index (χ0) is 12.1. The Morgan fingerprint density at radius 1 is 0.833 bits per heavy atom. The van der Waals surface area contributed by atoms with Crippen molar-refractivity contribution in [2.45, 2.75) is 0 Å². The van der Waals surface area contributed by atoms with Crippen molar-refractivity contribution in [1.29, 1.82) is 0 Å². The zero-order valence-electron chi connectivity index (χ0n) is 9.47. The molecule has 0 N–H and O–H groups in total. The van der Waals surface area contributed by atoms with Gasteiger partial charge in [0.2, 0.25) is 0 Å². The van der Waals surface area contributed by atoms with Crippen molar-refractivity contribution in [2.24, 2.45) is 0 Å². The molecule has 0 atom stereocenters. The van der Waals surface area contributed by atoms with Crippen molar-refractivity contribution in [3.05, 3.63) is 59.2 Å². The van der Waals surface area contributed by atoms with E-state index in [1.165, 1.54) is 16.2 Å². The van der Waals surface area contributed by atoms with Crippen molar-refractivity contribution in [2.75, 3.05) is 0 Å². The van der Waals surface area contributed by atoms with Crippen molar-refractivity contribution in [3.63, 3.8) is 0 Å². The van der Waals surface area contributed by atoms with Crippen LogP contribution in [0, 0.1) is 0 Å². The van der Waals surface area contributed by atoms with Crippen molar-refractivity contribution >= 4 is 43.1 Å². The summed E-state index contributed by atoms with van der Waals surface area (Å²) in [5.74, 6) is 0. The molecule has 0 saturated heterocycles. The van der Waals surface area contributed by atoms with Gasteiger partial charge < -0.3 is 0 Å². The van der Waals surface area contributed by atoms with E-state index in [0.717, 1.165) is 15.5 Å². The number of para-hydroxylation sites is 1. The maximum Gasteiger partial charge on any atom is 0.0889 e. The van der Waals surface area contributed by atoms with Crippen molar-refractivity contribution in [3.8, 4) is 0 Å². The Morgan fingerprint density at radius 3 is 2.33 bits per heavy atom. The van der Waals surface area contributed by atoms with Crippen LogP contribution in [0.1, 0.15) is 0 Å². The highest BCUT2D eigenvalue weighted by Gasteiger charge is 2.10. The number of hydrogen-bond donors (Lipinski definition) is 0. The average molecular weight is 297 g/mol. The lowest BCUT2D eigenvalue weighted by Gasteiger charge is -2.07. The first kappa shape index (κ1) is 10.1. The summed E-state index contributed by atoms with van der Waals surface area (Å²) in [6.07, 6.45) is 1.86. The predicted octanol–water partition coefficient (Wildman–Crippen LogP) is 4.40. The minimum absolute atomic E-state index is 1.03. The molecule has 0 unspecified atom stereocenters. The number of hydrogen-bond acceptors (Lipinski definition) is 1. The Balaban J connectivity index is 2.48. The molecule has 2 aromatic heterocycles. The Hall–Kier alpha value is -1.87. The molecule has 0 aliphatic heterocycles. The summed E-state index contributed by atoms with van der Waals surface area (Å²) in [7, 11) is 0. The highest BCUT2D eigenvalue weighted by atomic mass is 79.9. The Morgan fingerprint density at radius 2 is 1.50 bits per heavy atom. The first-order valence-corrected chi connectivity index (χ1v) is 6.58. The summed E-state index contributed by atoms with van der Waals surface area (Å²) in [5, 5.41) is 8.19. The summed E-state index contributed by atoms with van der Waals surface area (Å²) in [5.41, 5.74) is 2.27. The van der Waals surface area contributed by atoms with Gasteiger partial charge in [-0.25, -0.2) is 4.52 Å². The second-order valence-corrected chi connectivity index (χ2v) is 5.17. The summed E-state index contributed by atoms with van der Waals surface area (Å²) in [6.45, 7) is 0. The minimum Gasteiger partial charge on any atom is -0.231 e. The van der Waals surface area contributed by atoms with E-state index in [0.29, 0.717) is 0 Å². The van der Waals surface area contributed by atoms with Crippen LogP contribution < -0.4 is 0 Å². The molecule has 18 heavy (non-hydrogen) atoms. The van der Waals surface area contributed by atoms with Gasteiger partial charge in [-0.15, -0.1) is 0 Å². The molecule has 0 fully saturated rings. The van der Waals surface area contributed by atoms with Gasteiger partial charge in [-0.1, -0.05) is 42.5 Å². The van der Waals surface area contributed by atoms with Gasteiger partial charge in [0.25, 0.3) is 0 Å². The molecule has 4 rings (SSSR count). The van der Waals surface area contributed by atoms with Gasteiger partial charge in [0, 0.05) is 10.8 Å². The van der Waals surface area contributed by atoms with Gasteiger partial charge in [0.15, 0.2) is 0 Å². The van der Waals surface area contributed by atoms with Crippen LogP contribution in [0.15, 0.2) is 59.2 Å². The van der Waals surface area contributed by atoms with Crippen molar-refractivity contribution in [1.82, 2.24) is 9.61 Å². The lowest BCUT2D eigenvalue weighted by Crippen LogP contribution is -1.91. The highest BCUT2D eigenvalue weighted by molar-refractivity contribution is 9.10. The third-order valence-corrected chi connectivity index (χ3v) is 3.91. The van der Waals surface area contributed by atoms with E-state index in [1.54, 1.807) is 0 Å². The van der Waals surface area contributed by atoms with Crippen LogP contribution in [-0.4, -0.2) is 9.61 Å². The first-order chi connectivity index (χ1) is 8.86. The van der Waals surface area contributed by atoms with Crippen LogP contribution >= 0.6 is 15.9 Å². The Kier molecular flexibility index (Phi) is 2.00. The maximum atomic E-state index is 4.47. The topological polar surface area (TPSA) is 17.3 Å². The molecule has 0 bridgehead atoms. The lowest BCUT2D eigenvalue weighted by molar-refractivity contribution is 1.01. The summed E-state index contributed by atoms with van der Waals surface area (Å²) in [6, 6.07) is 16.8. The normalized spacial score (nSPS) is 11.6. The standard InChI is InChI=1S/C15H9BrN2/c16-13-9-17-18-14-8-4-3-6-11(14)10-5-1-2-7-12(10)15(13)18/h1-9H. The van der Waals surface area contributed by atoms with E-state index in [1.807, 2.05) is 16.8 Å². The SMILES string of the molecule is Brc1cnn2c3ccccc3c3ccccc3c12. The fourth-order valence-electron chi connectivity index (χ4n) is 2.56. The monoisotopic (exact) mass is 296 g/mol. The summed E-state index contributed by atoms with van der Waals surface area (Å²) < 4.78 is 3.03. The number of benzene rings is 2. The van der Waals surface area contributed by atoms with Gasteiger partial charge in [0.1, 0.15) is 0 Å². The summed E-state index contributed by atoms with van der Waals surface area (Å²) in [4.78, 5) is 0. The summed E-state index contributed by atoms with van der Waals surface area (Å²) >= 11 is 3.59. The molecule has 0 spiro atoms. The number of fused-ring (bicyclic) bond motifs is 6. The largest absolute Gasteiger partial charge is 0.231 e. The average Bonchev–Trinajstić information content (AvgIpc) is 2.82. The quantitative estimate of drug-likeness (QED) is 0.440. The maximum absolute atomic E-state index is 4.47. The van der Waals surface area contributed by atoms with E-state index in [2.05, 4.69) is 63.5 Å². The van der Waals surface area contributed by atoms with Crippen LogP contribution in [0.25, 0.3) is 27.2 Å². The molecule has 3 heteroatoms. The molecule has 0 radical (unpaired) electrons. The smallest absolute Gasteiger partial charge is 0.0889 e. The van der Waals surface area contributed by atoms with Crippen LogP contribution in [0.3, 0.4) is 0 Å².